The number of rotatable bonds is 4. The van der Waals surface area contributed by atoms with Crippen LogP contribution in [0.25, 0.3) is 0 Å². The highest BCUT2D eigenvalue weighted by molar-refractivity contribution is 5.95. The molecule has 1 aromatic rings. The predicted molar refractivity (Wildman–Crippen MR) is 85.4 cm³/mol. The van der Waals surface area contributed by atoms with E-state index in [9.17, 15) is 9.59 Å². The first-order valence-corrected chi connectivity index (χ1v) is 8.03. The number of carbonyl (C=O) groups excluding carboxylic acids is 2. The summed E-state index contributed by atoms with van der Waals surface area (Å²) in [4.78, 5) is 25.7. The van der Waals surface area contributed by atoms with Crippen LogP contribution in [-0.2, 0) is 16.1 Å². The Kier molecular flexibility index (Phi) is 4.43. The van der Waals surface area contributed by atoms with E-state index >= 15 is 0 Å². The van der Waals surface area contributed by atoms with Gasteiger partial charge in [0, 0.05) is 31.7 Å². The van der Waals surface area contributed by atoms with Crippen LogP contribution in [0.1, 0.15) is 25.3 Å². The number of benzene rings is 1. The quantitative estimate of drug-likeness (QED) is 0.881. The van der Waals surface area contributed by atoms with Gasteiger partial charge in [-0.05, 0) is 36.6 Å². The zero-order valence-corrected chi connectivity index (χ0v) is 13.0. The van der Waals surface area contributed by atoms with E-state index in [0.29, 0.717) is 18.9 Å². The zero-order valence-electron chi connectivity index (χ0n) is 13.0. The van der Waals surface area contributed by atoms with Crippen molar-refractivity contribution >= 4 is 17.5 Å². The molecule has 22 heavy (non-hydrogen) atoms. The molecule has 5 heteroatoms. The molecule has 0 spiro atoms. The molecule has 2 heterocycles. The van der Waals surface area contributed by atoms with Gasteiger partial charge >= 0.3 is 0 Å². The van der Waals surface area contributed by atoms with E-state index in [1.165, 1.54) is 0 Å². The van der Waals surface area contributed by atoms with E-state index in [2.05, 4.69) is 17.6 Å². The number of nitrogens with one attached hydrogen (secondary N) is 2. The molecule has 118 valence electrons. The molecular weight excluding hydrogens is 278 g/mol. The van der Waals surface area contributed by atoms with Crippen LogP contribution in [0, 0.1) is 11.8 Å². The summed E-state index contributed by atoms with van der Waals surface area (Å²) in [6.45, 7) is 5.13. The van der Waals surface area contributed by atoms with Crippen LogP contribution in [-0.4, -0.2) is 31.4 Å². The number of hydrogen-bond donors (Lipinski definition) is 2. The second-order valence-corrected chi connectivity index (χ2v) is 6.28. The minimum Gasteiger partial charge on any atom is -0.352 e. The van der Waals surface area contributed by atoms with Crippen LogP contribution in [0.4, 0.5) is 5.69 Å². The van der Waals surface area contributed by atoms with Gasteiger partial charge in [0.15, 0.2) is 0 Å². The highest BCUT2D eigenvalue weighted by Gasteiger charge is 2.29. The molecule has 2 atom stereocenters. The van der Waals surface area contributed by atoms with Crippen molar-refractivity contribution in [2.45, 2.75) is 26.3 Å². The van der Waals surface area contributed by atoms with E-state index < -0.39 is 0 Å². The first kappa shape index (κ1) is 15.0. The molecule has 0 bridgehead atoms. The van der Waals surface area contributed by atoms with Gasteiger partial charge < -0.3 is 15.5 Å². The standard InChI is InChI=1S/C17H23N3O2/c1-12-9-18-11-15(12)17(22)19-10-13-4-6-14(7-5-13)20-8-2-3-16(20)21/h4-7,12,15,18H,2-3,8-11H2,1H3,(H,19,22)/t12-,15-/m1/s1. The van der Waals surface area contributed by atoms with Gasteiger partial charge in [-0.25, -0.2) is 0 Å². The van der Waals surface area contributed by atoms with Crippen LogP contribution in [0.5, 0.6) is 0 Å². The van der Waals surface area contributed by atoms with Gasteiger partial charge in [-0.2, -0.15) is 0 Å². The smallest absolute Gasteiger partial charge is 0.227 e. The van der Waals surface area contributed by atoms with Crippen LogP contribution >= 0.6 is 0 Å². The van der Waals surface area contributed by atoms with Crippen LogP contribution < -0.4 is 15.5 Å². The Morgan fingerprint density at radius 2 is 2.09 bits per heavy atom. The maximum Gasteiger partial charge on any atom is 0.227 e. The highest BCUT2D eigenvalue weighted by atomic mass is 16.2. The van der Waals surface area contributed by atoms with Gasteiger partial charge in [-0.3, -0.25) is 9.59 Å². The zero-order chi connectivity index (χ0) is 15.5. The maximum absolute atomic E-state index is 12.1. The van der Waals surface area contributed by atoms with E-state index in [-0.39, 0.29) is 17.7 Å². The second-order valence-electron chi connectivity index (χ2n) is 6.28. The van der Waals surface area contributed by atoms with Gasteiger partial charge in [0.1, 0.15) is 0 Å². The Labute approximate surface area is 131 Å². The summed E-state index contributed by atoms with van der Waals surface area (Å²) in [6, 6.07) is 7.89. The fourth-order valence-corrected chi connectivity index (χ4v) is 3.20. The van der Waals surface area contributed by atoms with Crippen molar-refractivity contribution in [3.8, 4) is 0 Å². The molecule has 0 aromatic heterocycles. The fourth-order valence-electron chi connectivity index (χ4n) is 3.20. The summed E-state index contributed by atoms with van der Waals surface area (Å²) in [6.07, 6.45) is 1.58. The summed E-state index contributed by atoms with van der Waals surface area (Å²) in [5.74, 6) is 0.783. The molecule has 2 aliphatic rings. The highest BCUT2D eigenvalue weighted by Crippen LogP contribution is 2.21. The van der Waals surface area contributed by atoms with Crippen molar-refractivity contribution in [2.75, 3.05) is 24.5 Å². The van der Waals surface area contributed by atoms with Crippen molar-refractivity contribution in [3.05, 3.63) is 29.8 Å². The van der Waals surface area contributed by atoms with Crippen LogP contribution in [0.2, 0.25) is 0 Å². The third-order valence-electron chi connectivity index (χ3n) is 4.64. The molecule has 3 rings (SSSR count). The Balaban J connectivity index is 1.55. The SMILES string of the molecule is C[C@@H]1CNC[C@H]1C(=O)NCc1ccc(N2CCCC2=O)cc1. The van der Waals surface area contributed by atoms with Crippen molar-refractivity contribution in [3.63, 3.8) is 0 Å². The van der Waals surface area contributed by atoms with Gasteiger partial charge in [0.2, 0.25) is 11.8 Å². The van der Waals surface area contributed by atoms with E-state index in [1.54, 1.807) is 0 Å². The van der Waals surface area contributed by atoms with Gasteiger partial charge in [0.05, 0.1) is 5.92 Å². The summed E-state index contributed by atoms with van der Waals surface area (Å²) in [5.41, 5.74) is 2.01. The van der Waals surface area contributed by atoms with E-state index in [1.807, 2.05) is 29.2 Å². The molecule has 0 radical (unpaired) electrons. The monoisotopic (exact) mass is 301 g/mol. The Morgan fingerprint density at radius 1 is 1.32 bits per heavy atom. The first-order valence-electron chi connectivity index (χ1n) is 8.03. The molecule has 1 aromatic carbocycles. The minimum atomic E-state index is 0.0708. The summed E-state index contributed by atoms with van der Waals surface area (Å²) < 4.78 is 0. The summed E-state index contributed by atoms with van der Waals surface area (Å²) in [7, 11) is 0. The topological polar surface area (TPSA) is 61.4 Å². The number of hydrogen-bond acceptors (Lipinski definition) is 3. The first-order chi connectivity index (χ1) is 10.6. The lowest BCUT2D eigenvalue weighted by Crippen LogP contribution is -2.33. The number of anilines is 1. The molecule has 0 saturated carbocycles. The number of carbonyl (C=O) groups is 2. The lowest BCUT2D eigenvalue weighted by molar-refractivity contribution is -0.125. The van der Waals surface area contributed by atoms with Gasteiger partial charge in [0.25, 0.3) is 0 Å². The van der Waals surface area contributed by atoms with Crippen LogP contribution in [0.15, 0.2) is 24.3 Å². The molecule has 2 saturated heterocycles. The Hall–Kier alpha value is -1.88. The molecular formula is C17H23N3O2. The lowest BCUT2D eigenvalue weighted by atomic mass is 9.97. The van der Waals surface area contributed by atoms with Crippen LogP contribution in [0.3, 0.4) is 0 Å². The molecule has 2 N–H and O–H groups in total. The third-order valence-corrected chi connectivity index (χ3v) is 4.64. The minimum absolute atomic E-state index is 0.0708. The Morgan fingerprint density at radius 3 is 2.68 bits per heavy atom. The summed E-state index contributed by atoms with van der Waals surface area (Å²) >= 11 is 0. The van der Waals surface area contributed by atoms with Crippen molar-refractivity contribution in [1.82, 2.24) is 10.6 Å². The second kappa shape index (κ2) is 6.48. The van der Waals surface area contributed by atoms with Crippen molar-refractivity contribution in [2.24, 2.45) is 11.8 Å². The largest absolute Gasteiger partial charge is 0.352 e. The molecule has 2 fully saturated rings. The van der Waals surface area contributed by atoms with Gasteiger partial charge in [-0.15, -0.1) is 0 Å². The van der Waals surface area contributed by atoms with Crippen molar-refractivity contribution in [1.29, 1.82) is 0 Å². The Bertz CT molecular complexity index is 556. The number of amides is 2. The molecule has 5 nitrogen and oxygen atoms in total. The number of nitrogens with zero attached hydrogens (tertiary/aromatic N) is 1. The molecule has 0 unspecified atom stereocenters. The fraction of sp³-hybridized carbons (Fsp3) is 0.529. The average molecular weight is 301 g/mol. The van der Waals surface area contributed by atoms with Gasteiger partial charge in [-0.1, -0.05) is 19.1 Å². The predicted octanol–water partition coefficient (Wildman–Crippen LogP) is 1.29. The molecule has 2 amide bonds. The van der Waals surface area contributed by atoms with E-state index in [4.69, 9.17) is 0 Å². The maximum atomic E-state index is 12.1. The molecule has 2 aliphatic heterocycles. The average Bonchev–Trinajstić information content (AvgIpc) is 3.14. The van der Waals surface area contributed by atoms with Crippen molar-refractivity contribution < 1.29 is 9.59 Å². The molecule has 0 aliphatic carbocycles. The lowest BCUT2D eigenvalue weighted by Gasteiger charge is -2.17. The van der Waals surface area contributed by atoms with E-state index in [0.717, 1.165) is 37.3 Å². The third kappa shape index (κ3) is 3.14. The summed E-state index contributed by atoms with van der Waals surface area (Å²) in [5, 5.41) is 6.26. The normalized spacial score (nSPS) is 24.8.